The van der Waals surface area contributed by atoms with Gasteiger partial charge in [0.05, 0.1) is 13.2 Å². The van der Waals surface area contributed by atoms with Crippen LogP contribution in [0.15, 0.2) is 40.9 Å². The van der Waals surface area contributed by atoms with E-state index in [9.17, 15) is 4.39 Å². The van der Waals surface area contributed by atoms with Crippen LogP contribution in [0, 0.1) is 5.82 Å². The molecule has 0 bridgehead atoms. The van der Waals surface area contributed by atoms with Crippen LogP contribution in [0.4, 0.5) is 4.39 Å². The Labute approximate surface area is 137 Å². The van der Waals surface area contributed by atoms with Gasteiger partial charge in [0, 0.05) is 9.50 Å². The number of ether oxygens (including phenoxy) is 1. The first-order valence-electron chi connectivity index (χ1n) is 6.58. The van der Waals surface area contributed by atoms with E-state index in [0.29, 0.717) is 15.2 Å². The molecular formula is C16H16BrClFNO. The van der Waals surface area contributed by atoms with E-state index in [0.717, 1.165) is 17.7 Å². The standard InChI is InChI=1S/C16H16BrClFNO/c1-3-20-16(10-6-11(17)8-12(19)7-10)14-5-4-13(21-2)9-15(14)18/h4-9,16,20H,3H2,1-2H3. The fraction of sp³-hybridized carbons (Fsp3) is 0.250. The highest BCUT2D eigenvalue weighted by atomic mass is 79.9. The van der Waals surface area contributed by atoms with Gasteiger partial charge in [-0.05, 0) is 48.0 Å². The molecule has 1 N–H and O–H groups in total. The molecule has 0 aliphatic carbocycles. The van der Waals surface area contributed by atoms with E-state index in [1.807, 2.05) is 25.1 Å². The molecule has 0 aliphatic rings. The van der Waals surface area contributed by atoms with Gasteiger partial charge in [-0.2, -0.15) is 0 Å². The van der Waals surface area contributed by atoms with E-state index in [4.69, 9.17) is 16.3 Å². The molecule has 5 heteroatoms. The quantitative estimate of drug-likeness (QED) is 0.802. The minimum Gasteiger partial charge on any atom is -0.497 e. The smallest absolute Gasteiger partial charge is 0.124 e. The molecule has 0 aromatic heterocycles. The van der Waals surface area contributed by atoms with Crippen LogP contribution in [0.5, 0.6) is 5.75 Å². The van der Waals surface area contributed by atoms with Crippen molar-refractivity contribution in [2.45, 2.75) is 13.0 Å². The lowest BCUT2D eigenvalue weighted by Gasteiger charge is -2.21. The molecule has 112 valence electrons. The average molecular weight is 373 g/mol. The lowest BCUT2D eigenvalue weighted by Crippen LogP contribution is -2.22. The molecule has 2 rings (SSSR count). The Bertz CT molecular complexity index is 615. The van der Waals surface area contributed by atoms with Crippen molar-refractivity contribution in [2.75, 3.05) is 13.7 Å². The van der Waals surface area contributed by atoms with Crippen LogP contribution < -0.4 is 10.1 Å². The SMILES string of the molecule is CCNC(c1cc(F)cc(Br)c1)c1ccc(OC)cc1Cl. The summed E-state index contributed by atoms with van der Waals surface area (Å²) in [5, 5.41) is 3.92. The molecule has 0 saturated heterocycles. The summed E-state index contributed by atoms with van der Waals surface area (Å²) >= 11 is 9.67. The van der Waals surface area contributed by atoms with Crippen LogP contribution in [0.3, 0.4) is 0 Å². The van der Waals surface area contributed by atoms with E-state index in [2.05, 4.69) is 21.2 Å². The molecule has 1 unspecified atom stereocenters. The van der Waals surface area contributed by atoms with Crippen LogP contribution in [-0.2, 0) is 0 Å². The van der Waals surface area contributed by atoms with Crippen molar-refractivity contribution in [3.8, 4) is 5.75 Å². The first kappa shape index (κ1) is 16.3. The number of rotatable bonds is 5. The molecule has 2 aromatic rings. The summed E-state index contributed by atoms with van der Waals surface area (Å²) in [6.07, 6.45) is 0. The Balaban J connectivity index is 2.47. The number of halogens is 3. The predicted molar refractivity (Wildman–Crippen MR) is 87.6 cm³/mol. The van der Waals surface area contributed by atoms with Crippen molar-refractivity contribution in [3.05, 3.63) is 62.8 Å². The van der Waals surface area contributed by atoms with E-state index in [1.54, 1.807) is 13.2 Å². The van der Waals surface area contributed by atoms with Gasteiger partial charge in [-0.15, -0.1) is 0 Å². The van der Waals surface area contributed by atoms with E-state index in [1.165, 1.54) is 12.1 Å². The molecule has 0 aliphatic heterocycles. The third-order valence-electron chi connectivity index (χ3n) is 3.15. The summed E-state index contributed by atoms with van der Waals surface area (Å²) in [5.41, 5.74) is 1.70. The molecule has 1 atom stereocenters. The Morgan fingerprint density at radius 1 is 1.29 bits per heavy atom. The summed E-state index contributed by atoms with van der Waals surface area (Å²) in [6, 6.07) is 10.2. The molecule has 2 nitrogen and oxygen atoms in total. The van der Waals surface area contributed by atoms with Crippen molar-refractivity contribution >= 4 is 27.5 Å². The van der Waals surface area contributed by atoms with E-state index < -0.39 is 0 Å². The maximum absolute atomic E-state index is 13.7. The maximum atomic E-state index is 13.7. The highest BCUT2D eigenvalue weighted by Crippen LogP contribution is 2.32. The highest BCUT2D eigenvalue weighted by Gasteiger charge is 2.18. The second kappa shape index (κ2) is 7.25. The van der Waals surface area contributed by atoms with Gasteiger partial charge in [-0.1, -0.05) is 40.5 Å². The third kappa shape index (κ3) is 3.96. The van der Waals surface area contributed by atoms with Crippen molar-refractivity contribution in [1.29, 1.82) is 0 Å². The fourth-order valence-corrected chi connectivity index (χ4v) is 2.98. The van der Waals surface area contributed by atoms with Crippen molar-refractivity contribution in [3.63, 3.8) is 0 Å². The normalized spacial score (nSPS) is 12.2. The number of nitrogens with one attached hydrogen (secondary N) is 1. The summed E-state index contributed by atoms with van der Waals surface area (Å²) in [6.45, 7) is 2.74. The Hall–Kier alpha value is -1.10. The van der Waals surface area contributed by atoms with Gasteiger partial charge in [0.15, 0.2) is 0 Å². The third-order valence-corrected chi connectivity index (χ3v) is 3.93. The summed E-state index contributed by atoms with van der Waals surface area (Å²) in [4.78, 5) is 0. The minimum atomic E-state index is -0.285. The molecule has 0 amide bonds. The Morgan fingerprint density at radius 2 is 2.05 bits per heavy atom. The molecule has 2 aromatic carbocycles. The number of hydrogen-bond donors (Lipinski definition) is 1. The number of methoxy groups -OCH3 is 1. The monoisotopic (exact) mass is 371 g/mol. The average Bonchev–Trinajstić information content (AvgIpc) is 2.44. The van der Waals surface area contributed by atoms with Crippen LogP contribution in [0.1, 0.15) is 24.1 Å². The van der Waals surface area contributed by atoms with Gasteiger partial charge in [0.1, 0.15) is 11.6 Å². The molecular weight excluding hydrogens is 357 g/mol. The van der Waals surface area contributed by atoms with Crippen molar-refractivity contribution in [2.24, 2.45) is 0 Å². The predicted octanol–water partition coefficient (Wildman–Crippen LogP) is 4.95. The van der Waals surface area contributed by atoms with Gasteiger partial charge in [-0.3, -0.25) is 0 Å². The van der Waals surface area contributed by atoms with Crippen LogP contribution in [0.2, 0.25) is 5.02 Å². The zero-order chi connectivity index (χ0) is 15.4. The van der Waals surface area contributed by atoms with E-state index in [-0.39, 0.29) is 11.9 Å². The zero-order valence-corrected chi connectivity index (χ0v) is 14.1. The Morgan fingerprint density at radius 3 is 2.62 bits per heavy atom. The fourth-order valence-electron chi connectivity index (χ4n) is 2.22. The number of benzene rings is 2. The van der Waals surface area contributed by atoms with Gasteiger partial charge >= 0.3 is 0 Å². The second-order valence-corrected chi connectivity index (χ2v) is 5.90. The summed E-state index contributed by atoms with van der Waals surface area (Å²) < 4.78 is 19.5. The van der Waals surface area contributed by atoms with Crippen LogP contribution in [-0.4, -0.2) is 13.7 Å². The van der Waals surface area contributed by atoms with Gasteiger partial charge in [0.2, 0.25) is 0 Å². The van der Waals surface area contributed by atoms with Gasteiger partial charge < -0.3 is 10.1 Å². The highest BCUT2D eigenvalue weighted by molar-refractivity contribution is 9.10. The number of hydrogen-bond acceptors (Lipinski definition) is 2. The van der Waals surface area contributed by atoms with Gasteiger partial charge in [-0.25, -0.2) is 4.39 Å². The largest absolute Gasteiger partial charge is 0.497 e. The van der Waals surface area contributed by atoms with Gasteiger partial charge in [0.25, 0.3) is 0 Å². The molecule has 21 heavy (non-hydrogen) atoms. The molecule has 0 radical (unpaired) electrons. The molecule has 0 spiro atoms. The second-order valence-electron chi connectivity index (χ2n) is 4.58. The van der Waals surface area contributed by atoms with Crippen LogP contribution in [0.25, 0.3) is 0 Å². The lowest BCUT2D eigenvalue weighted by atomic mass is 9.98. The van der Waals surface area contributed by atoms with E-state index >= 15 is 0 Å². The maximum Gasteiger partial charge on any atom is 0.124 e. The lowest BCUT2D eigenvalue weighted by molar-refractivity contribution is 0.414. The van der Waals surface area contributed by atoms with Crippen LogP contribution >= 0.6 is 27.5 Å². The first-order valence-corrected chi connectivity index (χ1v) is 7.75. The molecule has 0 saturated carbocycles. The van der Waals surface area contributed by atoms with Crippen molar-refractivity contribution < 1.29 is 9.13 Å². The first-order chi connectivity index (χ1) is 10.0. The topological polar surface area (TPSA) is 21.3 Å². The van der Waals surface area contributed by atoms with Crippen molar-refractivity contribution in [1.82, 2.24) is 5.32 Å². The summed E-state index contributed by atoms with van der Waals surface area (Å²) in [7, 11) is 1.59. The minimum absolute atomic E-state index is 0.180. The zero-order valence-electron chi connectivity index (χ0n) is 11.8. The summed E-state index contributed by atoms with van der Waals surface area (Å²) in [5.74, 6) is 0.409. The Kier molecular flexibility index (Phi) is 5.62. The molecule has 0 heterocycles. The molecule has 0 fully saturated rings.